The molecule has 1 heterocycles. The molecule has 1 N–H and O–H groups in total. The van der Waals surface area contributed by atoms with Crippen molar-refractivity contribution in [3.05, 3.63) is 45.3 Å². The van der Waals surface area contributed by atoms with Gasteiger partial charge in [0.15, 0.2) is 0 Å². The van der Waals surface area contributed by atoms with Gasteiger partial charge in [-0.3, -0.25) is 9.36 Å². The highest BCUT2D eigenvalue weighted by Crippen LogP contribution is 2.19. The second-order valence-electron chi connectivity index (χ2n) is 4.59. The van der Waals surface area contributed by atoms with E-state index in [1.54, 1.807) is 18.2 Å². The van der Waals surface area contributed by atoms with E-state index in [1.165, 1.54) is 24.6 Å². The first-order valence-corrected chi connectivity index (χ1v) is 6.18. The molecule has 0 atom stereocenters. The van der Waals surface area contributed by atoms with Gasteiger partial charge >= 0.3 is 5.97 Å². The van der Waals surface area contributed by atoms with Crippen molar-refractivity contribution in [2.24, 2.45) is 0 Å². The van der Waals surface area contributed by atoms with Crippen molar-refractivity contribution >= 4 is 32.7 Å². The molecule has 18 heavy (non-hydrogen) atoms. The van der Waals surface area contributed by atoms with E-state index in [1.807, 2.05) is 6.07 Å². The van der Waals surface area contributed by atoms with E-state index in [4.69, 9.17) is 5.11 Å². The van der Waals surface area contributed by atoms with Gasteiger partial charge in [-0.1, -0.05) is 15.9 Å². The monoisotopic (exact) mass is 309 g/mol. The zero-order valence-corrected chi connectivity index (χ0v) is 11.6. The molecular formula is C13H12BrNO3. The number of hydrogen-bond acceptors (Lipinski definition) is 2. The number of carboxylic acid groups (broad SMARTS) is 1. The second-order valence-corrected chi connectivity index (χ2v) is 5.50. The topological polar surface area (TPSA) is 59.3 Å². The van der Waals surface area contributed by atoms with Crippen LogP contribution >= 0.6 is 15.9 Å². The quantitative estimate of drug-likeness (QED) is 0.927. The molecule has 0 aliphatic rings. The first-order valence-electron chi connectivity index (χ1n) is 5.39. The van der Waals surface area contributed by atoms with Crippen molar-refractivity contribution in [1.82, 2.24) is 4.57 Å². The van der Waals surface area contributed by atoms with Crippen LogP contribution in [0.25, 0.3) is 10.8 Å². The summed E-state index contributed by atoms with van der Waals surface area (Å²) in [5.41, 5.74) is -1.56. The number of pyridine rings is 1. The zero-order valence-electron chi connectivity index (χ0n) is 9.98. The summed E-state index contributed by atoms with van der Waals surface area (Å²) in [4.78, 5) is 23.5. The summed E-state index contributed by atoms with van der Waals surface area (Å²) >= 11 is 3.34. The fourth-order valence-corrected chi connectivity index (χ4v) is 2.14. The Bertz CT molecular complexity index is 688. The highest BCUT2D eigenvalue weighted by molar-refractivity contribution is 9.10. The first-order chi connectivity index (χ1) is 8.34. The Morgan fingerprint density at radius 3 is 2.61 bits per heavy atom. The summed E-state index contributed by atoms with van der Waals surface area (Å²) in [6.45, 7) is 3.00. The Morgan fingerprint density at radius 1 is 1.33 bits per heavy atom. The van der Waals surface area contributed by atoms with Crippen LogP contribution in [-0.4, -0.2) is 15.6 Å². The summed E-state index contributed by atoms with van der Waals surface area (Å²) in [5, 5.41) is 10.5. The third-order valence-electron chi connectivity index (χ3n) is 2.99. The number of carbonyl (C=O) groups is 1. The lowest BCUT2D eigenvalue weighted by Gasteiger charge is -2.22. The van der Waals surface area contributed by atoms with Gasteiger partial charge in [0.1, 0.15) is 5.54 Å². The average molecular weight is 310 g/mol. The number of fused-ring (bicyclic) bond motifs is 1. The summed E-state index contributed by atoms with van der Waals surface area (Å²) in [6.07, 6.45) is 1.52. The van der Waals surface area contributed by atoms with Crippen LogP contribution in [0.5, 0.6) is 0 Å². The molecule has 0 saturated carbocycles. The molecule has 0 radical (unpaired) electrons. The molecule has 0 aliphatic carbocycles. The lowest BCUT2D eigenvalue weighted by Crippen LogP contribution is -2.42. The fraction of sp³-hybridized carbons (Fsp3) is 0.231. The van der Waals surface area contributed by atoms with E-state index in [0.717, 1.165) is 9.86 Å². The highest BCUT2D eigenvalue weighted by Gasteiger charge is 2.30. The SMILES string of the molecule is CC(C)(C(=O)O)n1ccc2cc(Br)ccc2c1=O. The van der Waals surface area contributed by atoms with Crippen molar-refractivity contribution in [2.75, 3.05) is 0 Å². The Morgan fingerprint density at radius 2 is 2.00 bits per heavy atom. The number of halogens is 1. The molecule has 1 aromatic carbocycles. The smallest absolute Gasteiger partial charge is 0.329 e. The van der Waals surface area contributed by atoms with Gasteiger partial charge in [-0.25, -0.2) is 4.79 Å². The molecule has 0 saturated heterocycles. The molecular weight excluding hydrogens is 298 g/mol. The predicted molar refractivity (Wildman–Crippen MR) is 72.9 cm³/mol. The number of rotatable bonds is 2. The number of hydrogen-bond donors (Lipinski definition) is 1. The van der Waals surface area contributed by atoms with Crippen LogP contribution in [0, 0.1) is 0 Å². The normalized spacial score (nSPS) is 11.7. The van der Waals surface area contributed by atoms with Crippen LogP contribution in [0.15, 0.2) is 39.7 Å². The number of nitrogens with zero attached hydrogens (tertiary/aromatic N) is 1. The van der Waals surface area contributed by atoms with E-state index in [9.17, 15) is 9.59 Å². The predicted octanol–water partition coefficient (Wildman–Crippen LogP) is 2.58. The summed E-state index contributed by atoms with van der Waals surface area (Å²) in [5.74, 6) is -1.04. The van der Waals surface area contributed by atoms with Crippen LogP contribution in [0.3, 0.4) is 0 Å². The van der Waals surface area contributed by atoms with Gasteiger partial charge < -0.3 is 5.11 Å². The van der Waals surface area contributed by atoms with E-state index < -0.39 is 11.5 Å². The first kappa shape index (κ1) is 12.8. The number of carboxylic acids is 1. The van der Waals surface area contributed by atoms with Crippen molar-refractivity contribution in [3.8, 4) is 0 Å². The Labute approximate surface area is 112 Å². The third kappa shape index (κ3) is 1.95. The van der Waals surface area contributed by atoms with Crippen LogP contribution in [-0.2, 0) is 10.3 Å². The number of benzene rings is 1. The molecule has 0 spiro atoms. The molecule has 94 valence electrons. The minimum Gasteiger partial charge on any atom is -0.480 e. The second kappa shape index (κ2) is 4.24. The van der Waals surface area contributed by atoms with Crippen LogP contribution in [0.1, 0.15) is 13.8 Å². The lowest BCUT2D eigenvalue weighted by molar-refractivity contribution is -0.145. The maximum atomic E-state index is 12.3. The Balaban J connectivity index is 2.77. The maximum Gasteiger partial charge on any atom is 0.329 e. The van der Waals surface area contributed by atoms with Crippen LogP contribution in [0.4, 0.5) is 0 Å². The van der Waals surface area contributed by atoms with E-state index in [2.05, 4.69) is 15.9 Å². The zero-order chi connectivity index (χ0) is 13.5. The van der Waals surface area contributed by atoms with Gasteiger partial charge in [-0.05, 0) is 43.5 Å². The molecule has 5 heteroatoms. The minimum atomic E-state index is -1.27. The van der Waals surface area contributed by atoms with Crippen LogP contribution < -0.4 is 5.56 Å². The van der Waals surface area contributed by atoms with Gasteiger partial charge in [0, 0.05) is 16.1 Å². The van der Waals surface area contributed by atoms with Gasteiger partial charge in [0.2, 0.25) is 0 Å². The summed E-state index contributed by atoms with van der Waals surface area (Å²) < 4.78 is 2.12. The number of aliphatic carboxylic acids is 1. The average Bonchev–Trinajstić information content (AvgIpc) is 2.28. The molecule has 1 aromatic heterocycles. The molecule has 0 bridgehead atoms. The van der Waals surface area contributed by atoms with Gasteiger partial charge in [0.05, 0.1) is 0 Å². The Kier molecular flexibility index (Phi) is 3.02. The van der Waals surface area contributed by atoms with Crippen molar-refractivity contribution in [2.45, 2.75) is 19.4 Å². The molecule has 0 amide bonds. The van der Waals surface area contributed by atoms with E-state index in [-0.39, 0.29) is 5.56 Å². The van der Waals surface area contributed by atoms with Crippen molar-refractivity contribution < 1.29 is 9.90 Å². The van der Waals surface area contributed by atoms with Crippen LogP contribution in [0.2, 0.25) is 0 Å². The van der Waals surface area contributed by atoms with Crippen molar-refractivity contribution in [1.29, 1.82) is 0 Å². The highest BCUT2D eigenvalue weighted by atomic mass is 79.9. The fourth-order valence-electron chi connectivity index (χ4n) is 1.76. The molecule has 2 aromatic rings. The molecule has 0 fully saturated rings. The van der Waals surface area contributed by atoms with Crippen molar-refractivity contribution in [3.63, 3.8) is 0 Å². The standard InChI is InChI=1S/C13H12BrNO3/c1-13(2,12(17)18)15-6-5-8-7-9(14)3-4-10(8)11(15)16/h3-7H,1-2H3,(H,17,18). The largest absolute Gasteiger partial charge is 0.480 e. The molecule has 0 aliphatic heterocycles. The van der Waals surface area contributed by atoms with Gasteiger partial charge in [-0.15, -0.1) is 0 Å². The maximum absolute atomic E-state index is 12.3. The Hall–Kier alpha value is -1.62. The third-order valence-corrected chi connectivity index (χ3v) is 3.48. The lowest BCUT2D eigenvalue weighted by atomic mass is 10.0. The van der Waals surface area contributed by atoms with Gasteiger partial charge in [-0.2, -0.15) is 0 Å². The van der Waals surface area contributed by atoms with E-state index >= 15 is 0 Å². The number of aromatic nitrogens is 1. The summed E-state index contributed by atoms with van der Waals surface area (Å²) in [6, 6.07) is 7.03. The minimum absolute atomic E-state index is 0.299. The van der Waals surface area contributed by atoms with E-state index in [0.29, 0.717) is 5.39 Å². The molecule has 2 rings (SSSR count). The summed E-state index contributed by atoms with van der Waals surface area (Å²) in [7, 11) is 0. The molecule has 0 unspecified atom stereocenters. The molecule has 4 nitrogen and oxygen atoms in total. The van der Waals surface area contributed by atoms with Gasteiger partial charge in [0.25, 0.3) is 5.56 Å².